The van der Waals surface area contributed by atoms with Crippen LogP contribution in [0.2, 0.25) is 0 Å². The van der Waals surface area contributed by atoms with Crippen LogP contribution in [0.15, 0.2) is 30.7 Å². The number of hydrogen-bond acceptors (Lipinski definition) is 4. The minimum Gasteiger partial charge on any atom is -0.384 e. The summed E-state index contributed by atoms with van der Waals surface area (Å²) < 4.78 is 2.06. The Labute approximate surface area is 170 Å². The molecule has 0 spiro atoms. The van der Waals surface area contributed by atoms with E-state index in [0.717, 1.165) is 54.8 Å². The molecule has 3 aromatic rings. The second-order valence-electron chi connectivity index (χ2n) is 8.38. The van der Waals surface area contributed by atoms with Crippen molar-refractivity contribution >= 4 is 22.6 Å². The molecule has 1 aliphatic carbocycles. The molecule has 1 saturated carbocycles. The third-order valence-corrected chi connectivity index (χ3v) is 6.52. The summed E-state index contributed by atoms with van der Waals surface area (Å²) in [5.74, 6) is 1.85. The van der Waals surface area contributed by atoms with Gasteiger partial charge in [0, 0.05) is 36.3 Å². The van der Waals surface area contributed by atoms with Crippen molar-refractivity contribution < 1.29 is 4.79 Å². The summed E-state index contributed by atoms with van der Waals surface area (Å²) in [5, 5.41) is 1.17. The Kier molecular flexibility index (Phi) is 4.49. The van der Waals surface area contributed by atoms with Crippen LogP contribution in [0.4, 0.5) is 5.82 Å². The van der Waals surface area contributed by atoms with Crippen molar-refractivity contribution in [3.8, 4) is 5.82 Å². The van der Waals surface area contributed by atoms with Gasteiger partial charge in [-0.3, -0.25) is 4.79 Å². The van der Waals surface area contributed by atoms with Crippen molar-refractivity contribution in [1.82, 2.24) is 19.4 Å². The van der Waals surface area contributed by atoms with E-state index in [9.17, 15) is 4.79 Å². The van der Waals surface area contributed by atoms with Crippen LogP contribution in [0, 0.1) is 6.92 Å². The van der Waals surface area contributed by atoms with Gasteiger partial charge in [-0.25, -0.2) is 9.97 Å². The molecule has 0 atom stereocenters. The molecule has 1 aromatic carbocycles. The molecule has 2 N–H and O–H groups in total. The van der Waals surface area contributed by atoms with Crippen molar-refractivity contribution in [1.29, 1.82) is 0 Å². The molecule has 2 aliphatic rings. The largest absolute Gasteiger partial charge is 0.384 e. The van der Waals surface area contributed by atoms with E-state index < -0.39 is 0 Å². The van der Waals surface area contributed by atoms with Crippen molar-refractivity contribution in [3.05, 3.63) is 47.4 Å². The fourth-order valence-electron chi connectivity index (χ4n) is 4.91. The fourth-order valence-corrected chi connectivity index (χ4v) is 4.91. The molecule has 2 fully saturated rings. The highest BCUT2D eigenvalue weighted by atomic mass is 16.2. The van der Waals surface area contributed by atoms with Gasteiger partial charge in [0.15, 0.2) is 0 Å². The minimum atomic E-state index is 0.204. The summed E-state index contributed by atoms with van der Waals surface area (Å²) >= 11 is 0. The van der Waals surface area contributed by atoms with Gasteiger partial charge in [0.2, 0.25) is 0 Å². The number of rotatable bonds is 3. The number of carbonyl (C=O) groups excluding carboxylic acids is 1. The van der Waals surface area contributed by atoms with E-state index in [-0.39, 0.29) is 5.91 Å². The lowest BCUT2D eigenvalue weighted by molar-refractivity contribution is 0.0649. The molecule has 0 radical (unpaired) electrons. The summed E-state index contributed by atoms with van der Waals surface area (Å²) in [4.78, 5) is 23.8. The Balaban J connectivity index is 1.72. The molecule has 3 heterocycles. The molecule has 29 heavy (non-hydrogen) atoms. The number of likely N-dealkylation sites (tertiary alicyclic amines) is 1. The average Bonchev–Trinajstić information content (AvgIpc) is 3.09. The lowest BCUT2D eigenvalue weighted by Gasteiger charge is -2.34. The van der Waals surface area contributed by atoms with E-state index >= 15 is 0 Å². The summed E-state index contributed by atoms with van der Waals surface area (Å²) in [6, 6.07) is 6.06. The Bertz CT molecular complexity index is 1080. The molecular formula is C23H27N5O. The van der Waals surface area contributed by atoms with E-state index in [4.69, 9.17) is 5.73 Å². The van der Waals surface area contributed by atoms with E-state index in [1.807, 2.05) is 11.1 Å². The lowest BCUT2D eigenvalue weighted by Crippen LogP contribution is -2.42. The van der Waals surface area contributed by atoms with Crippen LogP contribution < -0.4 is 5.73 Å². The zero-order valence-corrected chi connectivity index (χ0v) is 16.9. The van der Waals surface area contributed by atoms with Crippen LogP contribution in [0.3, 0.4) is 0 Å². The summed E-state index contributed by atoms with van der Waals surface area (Å²) in [5.41, 5.74) is 10.2. The van der Waals surface area contributed by atoms with Crippen molar-refractivity contribution in [3.63, 3.8) is 0 Å². The van der Waals surface area contributed by atoms with Gasteiger partial charge in [0.05, 0.1) is 5.52 Å². The molecule has 0 bridgehead atoms. The molecule has 6 nitrogen and oxygen atoms in total. The monoisotopic (exact) mass is 389 g/mol. The number of benzene rings is 1. The number of carbonyl (C=O) groups is 1. The summed E-state index contributed by atoms with van der Waals surface area (Å²) in [7, 11) is 0. The third-order valence-electron chi connectivity index (χ3n) is 6.52. The number of aromatic nitrogens is 3. The van der Waals surface area contributed by atoms with Crippen LogP contribution in [0.5, 0.6) is 0 Å². The van der Waals surface area contributed by atoms with Crippen LogP contribution >= 0.6 is 0 Å². The highest BCUT2D eigenvalue weighted by Crippen LogP contribution is 2.41. The average molecular weight is 390 g/mol. The number of anilines is 1. The van der Waals surface area contributed by atoms with Crippen LogP contribution in [0.25, 0.3) is 16.7 Å². The first-order valence-electron chi connectivity index (χ1n) is 10.6. The van der Waals surface area contributed by atoms with Gasteiger partial charge in [-0.05, 0) is 55.4 Å². The lowest BCUT2D eigenvalue weighted by atomic mass is 9.79. The highest BCUT2D eigenvalue weighted by Gasteiger charge is 2.30. The maximum absolute atomic E-state index is 13.4. The van der Waals surface area contributed by atoms with Gasteiger partial charge in [-0.1, -0.05) is 19.3 Å². The molecule has 1 amide bonds. The van der Waals surface area contributed by atoms with Crippen molar-refractivity contribution in [2.24, 2.45) is 0 Å². The second-order valence-corrected chi connectivity index (χ2v) is 8.38. The first-order valence-corrected chi connectivity index (χ1v) is 10.6. The first kappa shape index (κ1) is 18.2. The Morgan fingerprint density at radius 2 is 1.90 bits per heavy atom. The predicted molar refractivity (Wildman–Crippen MR) is 114 cm³/mol. The van der Waals surface area contributed by atoms with Gasteiger partial charge < -0.3 is 15.2 Å². The molecule has 1 saturated heterocycles. The highest BCUT2D eigenvalue weighted by molar-refractivity contribution is 6.03. The van der Waals surface area contributed by atoms with Gasteiger partial charge in [-0.15, -0.1) is 0 Å². The Morgan fingerprint density at radius 1 is 1.10 bits per heavy atom. The van der Waals surface area contributed by atoms with Crippen LogP contribution in [-0.2, 0) is 0 Å². The number of nitrogens with zero attached hydrogens (tertiary/aromatic N) is 4. The van der Waals surface area contributed by atoms with Gasteiger partial charge in [0.1, 0.15) is 18.0 Å². The second kappa shape index (κ2) is 7.17. The number of hydrogen-bond donors (Lipinski definition) is 1. The quantitative estimate of drug-likeness (QED) is 0.728. The molecule has 5 rings (SSSR count). The number of nitrogens with two attached hydrogens (primary N) is 1. The molecule has 150 valence electrons. The van der Waals surface area contributed by atoms with Gasteiger partial charge >= 0.3 is 0 Å². The number of fused-ring (bicyclic) bond motifs is 1. The molecular weight excluding hydrogens is 362 g/mol. The Hall–Kier alpha value is -2.89. The van der Waals surface area contributed by atoms with E-state index in [1.165, 1.54) is 36.5 Å². The van der Waals surface area contributed by atoms with Gasteiger partial charge in [0.25, 0.3) is 5.91 Å². The smallest absolute Gasteiger partial charge is 0.254 e. The molecule has 0 unspecified atom stereocenters. The maximum atomic E-state index is 13.4. The third kappa shape index (κ3) is 3.07. The summed E-state index contributed by atoms with van der Waals surface area (Å²) in [6.07, 6.45) is 10.7. The fraction of sp³-hybridized carbons (Fsp3) is 0.435. The number of amides is 1. The zero-order valence-electron chi connectivity index (χ0n) is 16.9. The minimum absolute atomic E-state index is 0.204. The van der Waals surface area contributed by atoms with Crippen molar-refractivity contribution in [2.45, 2.75) is 51.4 Å². The number of aryl methyl sites for hydroxylation is 1. The molecule has 1 aliphatic heterocycles. The van der Waals surface area contributed by atoms with Crippen LogP contribution in [0.1, 0.15) is 65.9 Å². The van der Waals surface area contributed by atoms with E-state index in [0.29, 0.717) is 11.7 Å². The Morgan fingerprint density at radius 3 is 2.59 bits per heavy atom. The van der Waals surface area contributed by atoms with Crippen molar-refractivity contribution in [2.75, 3.05) is 18.8 Å². The maximum Gasteiger partial charge on any atom is 0.254 e. The standard InChI is InChI=1S/C23H27N5O/c1-15-12-18-17(8-11-28(18)20-13-19(24)25-14-26-20)22(16-6-3-2-4-7-16)21(15)23(29)27-9-5-10-27/h8,11-14,16H,2-7,9-10H2,1H3,(H2,24,25,26). The van der Waals surface area contributed by atoms with Gasteiger partial charge in [-0.2, -0.15) is 0 Å². The molecule has 6 heteroatoms. The number of nitrogen functional groups attached to an aromatic ring is 1. The van der Waals surface area contributed by atoms with E-state index in [1.54, 1.807) is 6.07 Å². The normalized spacial score (nSPS) is 17.5. The van der Waals surface area contributed by atoms with Crippen LogP contribution in [-0.4, -0.2) is 38.4 Å². The topological polar surface area (TPSA) is 77.0 Å². The van der Waals surface area contributed by atoms with E-state index in [2.05, 4.69) is 33.6 Å². The SMILES string of the molecule is Cc1cc2c(ccn2-c2cc(N)ncn2)c(C2CCCCC2)c1C(=O)N1CCC1. The summed E-state index contributed by atoms with van der Waals surface area (Å²) in [6.45, 7) is 3.83. The molecule has 2 aromatic heterocycles. The predicted octanol–water partition coefficient (Wildman–Crippen LogP) is 4.20. The zero-order chi connectivity index (χ0) is 20.0. The first-order chi connectivity index (χ1) is 14.1.